The Morgan fingerprint density at radius 3 is 1.21 bits per heavy atom. The second kappa shape index (κ2) is 15.1. The number of nitrogens with zero attached hydrogens (tertiary/aromatic N) is 6. The van der Waals surface area contributed by atoms with Crippen molar-refractivity contribution in [3.8, 4) is 45.8 Å². The minimum Gasteiger partial charge on any atom is -0.422 e. The van der Waals surface area contributed by atoms with Gasteiger partial charge in [-0.15, -0.1) is 20.4 Å². The van der Waals surface area contributed by atoms with Crippen LogP contribution in [-0.2, 0) is 0 Å². The van der Waals surface area contributed by atoms with Gasteiger partial charge in [0.25, 0.3) is 11.8 Å². The Bertz CT molecular complexity index is 2640. The van der Waals surface area contributed by atoms with Crippen molar-refractivity contribution in [1.29, 1.82) is 0 Å². The second-order valence-corrected chi connectivity index (χ2v) is 18.7. The van der Waals surface area contributed by atoms with Crippen molar-refractivity contribution in [2.75, 3.05) is 36.0 Å². The molecule has 0 fully saturated rings. The molecule has 57 heavy (non-hydrogen) atoms. The van der Waals surface area contributed by atoms with Gasteiger partial charge in [0.2, 0.25) is 11.8 Å². The van der Waals surface area contributed by atoms with Crippen LogP contribution in [0.4, 0.5) is 11.4 Å². The van der Waals surface area contributed by atoms with Gasteiger partial charge in [0.05, 0.1) is 0 Å². The Hall–Kier alpha value is -6.60. The molecule has 4 aromatic carbocycles. The van der Waals surface area contributed by atoms with Crippen molar-refractivity contribution in [3.63, 3.8) is 0 Å². The lowest BCUT2D eigenvalue weighted by Crippen LogP contribution is -2.52. The van der Waals surface area contributed by atoms with Crippen LogP contribution in [0.25, 0.3) is 67.8 Å². The maximum absolute atomic E-state index is 13.0. The first-order valence-electron chi connectivity index (χ1n) is 19.1. The molecule has 0 saturated carbocycles. The quantitative estimate of drug-likeness (QED) is 0.0880. The Morgan fingerprint density at radius 2 is 0.842 bits per heavy atom. The van der Waals surface area contributed by atoms with Crippen LogP contribution in [0, 0.1) is 0 Å². The first kappa shape index (κ1) is 37.3. The predicted molar refractivity (Wildman–Crippen MR) is 226 cm³/mol. The Kier molecular flexibility index (Phi) is 9.92. The van der Waals surface area contributed by atoms with Crippen molar-refractivity contribution < 1.29 is 17.7 Å². The molecule has 288 valence electrons. The number of rotatable bonds is 12. The SMILES string of the molecule is CCN(CC)c1ccc2cc(-c3nnc(-c4ccc([Si](C)(C)c5ccc(-c6nnc(-c7cc8ccc(N(CC)CC)cc8oc7=O)o6)cc5)cc4)o3)c(=O)oc2c1. The lowest BCUT2D eigenvalue weighted by atomic mass is 10.1. The summed E-state index contributed by atoms with van der Waals surface area (Å²) < 4.78 is 23.4. The van der Waals surface area contributed by atoms with Crippen molar-refractivity contribution >= 4 is 51.8 Å². The molecule has 0 aliphatic carbocycles. The van der Waals surface area contributed by atoms with E-state index in [2.05, 4.69) is 95.2 Å². The maximum atomic E-state index is 13.0. The Balaban J connectivity index is 0.978. The van der Waals surface area contributed by atoms with E-state index in [9.17, 15) is 9.59 Å². The molecule has 0 saturated heterocycles. The fourth-order valence-corrected chi connectivity index (χ4v) is 9.53. The topological polar surface area (TPSA) is 145 Å². The number of aromatic nitrogens is 4. The fraction of sp³-hybridized carbons (Fsp3) is 0.227. The molecule has 0 bridgehead atoms. The molecule has 0 aliphatic heterocycles. The summed E-state index contributed by atoms with van der Waals surface area (Å²) >= 11 is 0. The largest absolute Gasteiger partial charge is 0.422 e. The van der Waals surface area contributed by atoms with Crippen LogP contribution in [0.1, 0.15) is 27.7 Å². The van der Waals surface area contributed by atoms with Crippen LogP contribution < -0.4 is 31.4 Å². The summed E-state index contributed by atoms with van der Waals surface area (Å²) in [6.07, 6.45) is 0. The van der Waals surface area contributed by atoms with E-state index in [1.54, 1.807) is 12.1 Å². The molecule has 0 amide bonds. The third-order valence-electron chi connectivity index (χ3n) is 10.7. The van der Waals surface area contributed by atoms with Gasteiger partial charge in [0, 0.05) is 71.6 Å². The van der Waals surface area contributed by atoms with E-state index < -0.39 is 19.3 Å². The zero-order chi connectivity index (χ0) is 39.8. The smallest absolute Gasteiger partial charge is 0.349 e. The molecule has 0 aliphatic rings. The molecule has 0 unspecified atom stereocenters. The van der Waals surface area contributed by atoms with Crippen LogP contribution >= 0.6 is 0 Å². The molecule has 8 rings (SSSR count). The number of benzene rings is 4. The average Bonchev–Trinajstić information content (AvgIpc) is 3.93. The highest BCUT2D eigenvalue weighted by atomic mass is 28.3. The van der Waals surface area contributed by atoms with Gasteiger partial charge in [-0.3, -0.25) is 0 Å². The van der Waals surface area contributed by atoms with Crippen LogP contribution in [0.2, 0.25) is 13.1 Å². The first-order chi connectivity index (χ1) is 27.6. The van der Waals surface area contributed by atoms with Crippen LogP contribution in [0.15, 0.2) is 124 Å². The van der Waals surface area contributed by atoms with Crippen LogP contribution in [0.5, 0.6) is 0 Å². The van der Waals surface area contributed by atoms with Gasteiger partial charge in [-0.2, -0.15) is 0 Å². The Morgan fingerprint density at radius 1 is 0.474 bits per heavy atom. The van der Waals surface area contributed by atoms with Crippen molar-refractivity contribution in [2.45, 2.75) is 40.8 Å². The van der Waals surface area contributed by atoms with Crippen LogP contribution in [0.3, 0.4) is 0 Å². The minimum absolute atomic E-state index is 0.103. The standard InChI is InChI=1S/C44H42N6O6Si/c1-7-49(8-2)31-17-11-29-23-35(43(51)53-37(29)25-31)41-47-45-39(55-41)27-13-19-33(20-14-27)57(5,6)34-21-15-28(16-22-34)40-46-48-42(56-40)36-24-30-12-18-32(50(9-3)10-4)26-38(30)54-44(36)52/h11-26H,7-10H2,1-6H3. The predicted octanol–water partition coefficient (Wildman–Crippen LogP) is 7.85. The zero-order valence-electron chi connectivity index (χ0n) is 32.7. The normalized spacial score (nSPS) is 11.8. The van der Waals surface area contributed by atoms with E-state index in [0.29, 0.717) is 22.9 Å². The van der Waals surface area contributed by atoms with Crippen molar-refractivity contribution in [2.24, 2.45) is 0 Å². The van der Waals surface area contributed by atoms with E-state index in [4.69, 9.17) is 17.7 Å². The highest BCUT2D eigenvalue weighted by molar-refractivity contribution is 7.00. The van der Waals surface area contributed by atoms with Gasteiger partial charge >= 0.3 is 11.3 Å². The number of hydrogen-bond donors (Lipinski definition) is 0. The van der Waals surface area contributed by atoms with E-state index in [1.807, 2.05) is 60.7 Å². The molecule has 0 N–H and O–H groups in total. The van der Waals surface area contributed by atoms with Gasteiger partial charge in [0.15, 0.2) is 0 Å². The van der Waals surface area contributed by atoms with Crippen molar-refractivity contribution in [3.05, 3.63) is 118 Å². The van der Waals surface area contributed by atoms with Crippen molar-refractivity contribution in [1.82, 2.24) is 20.4 Å². The summed E-state index contributed by atoms with van der Waals surface area (Å²) in [5.74, 6) is 0.819. The number of anilines is 2. The van der Waals surface area contributed by atoms with Gasteiger partial charge in [-0.25, -0.2) is 9.59 Å². The van der Waals surface area contributed by atoms with Gasteiger partial charge in [0.1, 0.15) is 30.4 Å². The Labute approximate surface area is 329 Å². The molecule has 0 spiro atoms. The molecule has 4 heterocycles. The van der Waals surface area contributed by atoms with E-state index in [1.165, 1.54) is 10.4 Å². The first-order valence-corrected chi connectivity index (χ1v) is 22.1. The number of hydrogen-bond acceptors (Lipinski definition) is 12. The summed E-state index contributed by atoms with van der Waals surface area (Å²) in [5, 5.41) is 20.8. The molecule has 13 heteroatoms. The van der Waals surface area contributed by atoms with Crippen LogP contribution in [-0.4, -0.2) is 54.6 Å². The molecule has 4 aromatic heterocycles. The molecular formula is C44H42N6O6Si. The summed E-state index contributed by atoms with van der Waals surface area (Å²) in [7, 11) is -2.14. The molecule has 12 nitrogen and oxygen atoms in total. The fourth-order valence-electron chi connectivity index (χ4n) is 7.19. The summed E-state index contributed by atoms with van der Waals surface area (Å²) in [6, 6.07) is 31.3. The molecule has 8 aromatic rings. The summed E-state index contributed by atoms with van der Waals surface area (Å²) in [4.78, 5) is 30.4. The van der Waals surface area contributed by atoms with Gasteiger partial charge in [-0.1, -0.05) is 47.7 Å². The third-order valence-corrected chi connectivity index (χ3v) is 14.3. The summed E-state index contributed by atoms with van der Waals surface area (Å²) in [6.45, 7) is 16.3. The van der Waals surface area contributed by atoms with E-state index >= 15 is 0 Å². The summed E-state index contributed by atoms with van der Waals surface area (Å²) in [5.41, 5.74) is 3.83. The third kappa shape index (κ3) is 7.06. The van der Waals surface area contributed by atoms with Gasteiger partial charge in [-0.05, 0) is 88.4 Å². The van der Waals surface area contributed by atoms with E-state index in [0.717, 1.165) is 59.5 Å². The van der Waals surface area contributed by atoms with E-state index in [-0.39, 0.29) is 22.9 Å². The lowest BCUT2D eigenvalue weighted by Gasteiger charge is -2.24. The zero-order valence-corrected chi connectivity index (χ0v) is 33.7. The maximum Gasteiger partial charge on any atom is 0.349 e. The highest BCUT2D eigenvalue weighted by Gasteiger charge is 2.27. The average molecular weight is 779 g/mol. The van der Waals surface area contributed by atoms with Gasteiger partial charge < -0.3 is 27.5 Å². The molecular weight excluding hydrogens is 737 g/mol. The number of fused-ring (bicyclic) bond motifs is 2. The lowest BCUT2D eigenvalue weighted by molar-refractivity contribution is 0.546. The minimum atomic E-state index is -2.14. The molecule has 0 radical (unpaired) electrons. The highest BCUT2D eigenvalue weighted by Crippen LogP contribution is 2.29. The second-order valence-electron chi connectivity index (χ2n) is 14.3. The molecule has 0 atom stereocenters. The monoisotopic (exact) mass is 778 g/mol.